The van der Waals surface area contributed by atoms with Crippen molar-refractivity contribution in [1.29, 1.82) is 0 Å². The van der Waals surface area contributed by atoms with E-state index in [0.717, 1.165) is 12.8 Å². The molecular weight excluding hydrogens is 228 g/mol. The van der Waals surface area contributed by atoms with Gasteiger partial charge in [-0.25, -0.2) is 8.42 Å². The Morgan fingerprint density at radius 2 is 2.06 bits per heavy atom. The molecule has 0 radical (unpaired) electrons. The SMILES string of the molecule is O=C(CS(=O)(=O)C1CCCC1)c1ccco1. The second-order valence-electron chi connectivity index (χ2n) is 4.11. The first-order chi connectivity index (χ1) is 7.59. The highest BCUT2D eigenvalue weighted by Gasteiger charge is 2.31. The lowest BCUT2D eigenvalue weighted by Crippen LogP contribution is -2.25. The predicted octanol–water partition coefficient (Wildman–Crippen LogP) is 1.82. The fourth-order valence-corrected chi connectivity index (χ4v) is 3.85. The third-order valence-electron chi connectivity index (χ3n) is 2.94. The third kappa shape index (κ3) is 2.35. The van der Waals surface area contributed by atoms with Gasteiger partial charge < -0.3 is 4.42 Å². The van der Waals surface area contributed by atoms with Gasteiger partial charge >= 0.3 is 0 Å². The molecule has 1 heterocycles. The molecule has 0 atom stereocenters. The van der Waals surface area contributed by atoms with Crippen molar-refractivity contribution < 1.29 is 17.6 Å². The molecule has 0 unspecified atom stereocenters. The Balaban J connectivity index is 2.06. The van der Waals surface area contributed by atoms with Gasteiger partial charge in [0.25, 0.3) is 0 Å². The van der Waals surface area contributed by atoms with E-state index in [1.54, 1.807) is 6.07 Å². The second kappa shape index (κ2) is 4.41. The van der Waals surface area contributed by atoms with Crippen molar-refractivity contribution in [1.82, 2.24) is 0 Å². The lowest BCUT2D eigenvalue weighted by atomic mass is 10.3. The van der Waals surface area contributed by atoms with Crippen LogP contribution in [0.15, 0.2) is 22.8 Å². The van der Waals surface area contributed by atoms with Gasteiger partial charge in [-0.1, -0.05) is 12.8 Å². The Labute approximate surface area is 94.6 Å². The summed E-state index contributed by atoms with van der Waals surface area (Å²) in [7, 11) is -3.29. The average Bonchev–Trinajstić information content (AvgIpc) is 2.91. The topological polar surface area (TPSA) is 64.3 Å². The van der Waals surface area contributed by atoms with E-state index in [9.17, 15) is 13.2 Å². The average molecular weight is 242 g/mol. The fraction of sp³-hybridized carbons (Fsp3) is 0.545. The Morgan fingerprint density at radius 1 is 1.38 bits per heavy atom. The van der Waals surface area contributed by atoms with Gasteiger partial charge in [-0.2, -0.15) is 0 Å². The van der Waals surface area contributed by atoms with Crippen molar-refractivity contribution >= 4 is 15.6 Å². The highest BCUT2D eigenvalue weighted by molar-refractivity contribution is 7.92. The standard InChI is InChI=1S/C11H14O4S/c12-10(11-6-3-7-15-11)8-16(13,14)9-4-1-2-5-9/h3,6-7,9H,1-2,4-5,8H2. The van der Waals surface area contributed by atoms with Crippen LogP contribution >= 0.6 is 0 Å². The molecule has 1 aliphatic carbocycles. The number of Topliss-reactive ketones (excluding diaryl/α,β-unsaturated/α-hetero) is 1. The van der Waals surface area contributed by atoms with E-state index >= 15 is 0 Å². The van der Waals surface area contributed by atoms with E-state index in [0.29, 0.717) is 12.8 Å². The van der Waals surface area contributed by atoms with Gasteiger partial charge in [0.2, 0.25) is 5.78 Å². The summed E-state index contributed by atoms with van der Waals surface area (Å²) in [5.41, 5.74) is 0. The monoisotopic (exact) mass is 242 g/mol. The van der Waals surface area contributed by atoms with Crippen LogP contribution in [0.2, 0.25) is 0 Å². The molecule has 4 nitrogen and oxygen atoms in total. The van der Waals surface area contributed by atoms with E-state index in [1.165, 1.54) is 12.3 Å². The van der Waals surface area contributed by atoms with Gasteiger partial charge in [-0.3, -0.25) is 4.79 Å². The minimum Gasteiger partial charge on any atom is -0.461 e. The zero-order valence-corrected chi connectivity index (χ0v) is 9.70. The zero-order valence-electron chi connectivity index (χ0n) is 8.89. The molecule has 1 aromatic heterocycles. The highest BCUT2D eigenvalue weighted by Crippen LogP contribution is 2.25. The smallest absolute Gasteiger partial charge is 0.212 e. The largest absolute Gasteiger partial charge is 0.461 e. The Morgan fingerprint density at radius 3 is 2.62 bits per heavy atom. The molecule has 1 aromatic rings. The van der Waals surface area contributed by atoms with Crippen LogP contribution in [0.25, 0.3) is 0 Å². The Kier molecular flexibility index (Phi) is 3.14. The summed E-state index contributed by atoms with van der Waals surface area (Å²) in [5.74, 6) is -0.746. The van der Waals surface area contributed by atoms with Crippen LogP contribution in [0.1, 0.15) is 36.2 Å². The van der Waals surface area contributed by atoms with Crippen molar-refractivity contribution in [2.75, 3.05) is 5.75 Å². The molecule has 1 fully saturated rings. The lowest BCUT2D eigenvalue weighted by Gasteiger charge is -2.08. The number of hydrogen-bond donors (Lipinski definition) is 0. The maximum Gasteiger partial charge on any atom is 0.212 e. The highest BCUT2D eigenvalue weighted by atomic mass is 32.2. The maximum atomic E-state index is 11.9. The molecular formula is C11H14O4S. The van der Waals surface area contributed by atoms with Crippen LogP contribution in [0.3, 0.4) is 0 Å². The molecule has 0 amide bonds. The summed E-state index contributed by atoms with van der Waals surface area (Å²) < 4.78 is 28.6. The normalized spacial score (nSPS) is 17.8. The second-order valence-corrected chi connectivity index (χ2v) is 6.40. The molecule has 16 heavy (non-hydrogen) atoms. The molecule has 1 aliphatic rings. The summed E-state index contributed by atoms with van der Waals surface area (Å²) >= 11 is 0. The van der Waals surface area contributed by atoms with Crippen molar-refractivity contribution in [3.05, 3.63) is 24.2 Å². The van der Waals surface area contributed by atoms with E-state index in [-0.39, 0.29) is 11.0 Å². The van der Waals surface area contributed by atoms with Crippen molar-refractivity contribution in [3.8, 4) is 0 Å². The van der Waals surface area contributed by atoms with Crippen molar-refractivity contribution in [2.45, 2.75) is 30.9 Å². The number of furan rings is 1. The number of sulfone groups is 1. The van der Waals surface area contributed by atoms with Crippen LogP contribution < -0.4 is 0 Å². The van der Waals surface area contributed by atoms with Gasteiger partial charge in [-0.15, -0.1) is 0 Å². The summed E-state index contributed by atoms with van der Waals surface area (Å²) in [6.45, 7) is 0. The van der Waals surface area contributed by atoms with Crippen molar-refractivity contribution in [2.24, 2.45) is 0 Å². The van der Waals surface area contributed by atoms with E-state index in [1.807, 2.05) is 0 Å². The number of carbonyl (C=O) groups is 1. The molecule has 5 heteroatoms. The number of hydrogen-bond acceptors (Lipinski definition) is 4. The molecule has 1 saturated carbocycles. The number of ketones is 1. The van der Waals surface area contributed by atoms with E-state index in [2.05, 4.69) is 0 Å². The molecule has 0 N–H and O–H groups in total. The molecule has 2 rings (SSSR count). The molecule has 0 bridgehead atoms. The molecule has 0 aromatic carbocycles. The van der Waals surface area contributed by atoms with Crippen LogP contribution in [-0.2, 0) is 9.84 Å². The van der Waals surface area contributed by atoms with E-state index < -0.39 is 21.4 Å². The maximum absolute atomic E-state index is 11.9. The molecule has 0 aliphatic heterocycles. The first kappa shape index (κ1) is 11.4. The number of rotatable bonds is 4. The molecule has 88 valence electrons. The number of carbonyl (C=O) groups excluding carboxylic acids is 1. The minimum absolute atomic E-state index is 0.126. The summed E-state index contributed by atoms with van der Waals surface area (Å²) in [6, 6.07) is 3.07. The lowest BCUT2D eigenvalue weighted by molar-refractivity contribution is 0.0990. The van der Waals surface area contributed by atoms with Gasteiger partial charge in [0, 0.05) is 0 Å². The Bertz CT molecular complexity index is 452. The van der Waals surface area contributed by atoms with E-state index in [4.69, 9.17) is 4.42 Å². The quantitative estimate of drug-likeness (QED) is 0.755. The fourth-order valence-electron chi connectivity index (χ4n) is 2.06. The first-order valence-electron chi connectivity index (χ1n) is 5.38. The summed E-state index contributed by atoms with van der Waals surface area (Å²) in [6.07, 6.45) is 4.63. The third-order valence-corrected chi connectivity index (χ3v) is 5.09. The minimum atomic E-state index is -3.29. The zero-order chi connectivity index (χ0) is 11.6. The molecule has 0 spiro atoms. The van der Waals surface area contributed by atoms with Crippen LogP contribution in [0.4, 0.5) is 0 Å². The summed E-state index contributed by atoms with van der Waals surface area (Å²) in [5, 5.41) is -0.327. The first-order valence-corrected chi connectivity index (χ1v) is 7.09. The van der Waals surface area contributed by atoms with Crippen LogP contribution in [0, 0.1) is 0 Å². The summed E-state index contributed by atoms with van der Waals surface area (Å²) in [4.78, 5) is 11.6. The van der Waals surface area contributed by atoms with Crippen LogP contribution in [0.5, 0.6) is 0 Å². The van der Waals surface area contributed by atoms with Crippen LogP contribution in [-0.4, -0.2) is 25.2 Å². The predicted molar refractivity (Wildman–Crippen MR) is 59.1 cm³/mol. The Hall–Kier alpha value is -1.10. The van der Waals surface area contributed by atoms with Gasteiger partial charge in [-0.05, 0) is 25.0 Å². The van der Waals surface area contributed by atoms with Gasteiger partial charge in [0.1, 0.15) is 5.75 Å². The van der Waals surface area contributed by atoms with Gasteiger partial charge in [0.15, 0.2) is 15.6 Å². The molecule has 0 saturated heterocycles. The van der Waals surface area contributed by atoms with Crippen molar-refractivity contribution in [3.63, 3.8) is 0 Å². The van der Waals surface area contributed by atoms with Gasteiger partial charge in [0.05, 0.1) is 11.5 Å².